The van der Waals surface area contributed by atoms with Crippen molar-refractivity contribution >= 4 is 22.4 Å². The van der Waals surface area contributed by atoms with Crippen molar-refractivity contribution in [2.24, 2.45) is 0 Å². The van der Waals surface area contributed by atoms with E-state index in [0.29, 0.717) is 16.4 Å². The van der Waals surface area contributed by atoms with Crippen molar-refractivity contribution in [1.82, 2.24) is 20.2 Å². The lowest BCUT2D eigenvalue weighted by Crippen LogP contribution is -2.27. The normalized spacial score (nSPS) is 10.6. The Morgan fingerprint density at radius 1 is 1.29 bits per heavy atom. The number of hydrogen-bond donors (Lipinski definition) is 3. The van der Waals surface area contributed by atoms with Crippen molar-refractivity contribution in [3.63, 3.8) is 0 Å². The number of anilines is 1. The molecule has 8 nitrogen and oxygen atoms in total. The van der Waals surface area contributed by atoms with Crippen LogP contribution in [0.25, 0.3) is 0 Å². The molecule has 0 saturated carbocycles. The van der Waals surface area contributed by atoms with Crippen LogP contribution in [-0.2, 0) is 17.6 Å². The second-order valence-corrected chi connectivity index (χ2v) is 5.48. The molecule has 2 aromatic heterocycles. The first kappa shape index (κ1) is 15.1. The Bertz CT molecular complexity index is 761. The second kappa shape index (κ2) is 6.44. The summed E-state index contributed by atoms with van der Waals surface area (Å²) in [6.07, 6.45) is 1.12. The van der Waals surface area contributed by atoms with E-state index in [1.807, 2.05) is 6.92 Å². The number of nitrogens with zero attached hydrogens (tertiary/aromatic N) is 2. The van der Waals surface area contributed by atoms with Gasteiger partial charge in [0.05, 0.1) is 0 Å². The van der Waals surface area contributed by atoms with Crippen LogP contribution in [0.15, 0.2) is 9.59 Å². The fraction of sp³-hybridized carbons (Fsp3) is 0.417. The number of carbonyl (C=O) groups excluding carboxylic acids is 1. The third-order valence-electron chi connectivity index (χ3n) is 2.87. The van der Waals surface area contributed by atoms with Gasteiger partial charge in [0.1, 0.15) is 5.01 Å². The molecule has 0 aliphatic heterocycles. The van der Waals surface area contributed by atoms with Crippen molar-refractivity contribution in [3.8, 4) is 0 Å². The molecule has 0 aliphatic carbocycles. The highest BCUT2D eigenvalue weighted by Crippen LogP contribution is 2.15. The number of carbonyl (C=O) groups is 1. The van der Waals surface area contributed by atoms with Gasteiger partial charge in [-0.05, 0) is 19.8 Å². The minimum Gasteiger partial charge on any atom is -0.311 e. The SMILES string of the molecule is CCc1nnc(NC(=O)CCc2c(C)[nH]c(=O)[nH]c2=O)s1. The Labute approximate surface area is 123 Å². The molecule has 0 saturated heterocycles. The largest absolute Gasteiger partial charge is 0.325 e. The number of aromatic nitrogens is 4. The molecule has 0 bridgehead atoms. The maximum Gasteiger partial charge on any atom is 0.325 e. The third kappa shape index (κ3) is 3.85. The first-order valence-corrected chi connectivity index (χ1v) is 7.25. The lowest BCUT2D eigenvalue weighted by Gasteiger charge is -2.03. The Balaban J connectivity index is 1.98. The number of aryl methyl sites for hydroxylation is 2. The molecule has 9 heteroatoms. The van der Waals surface area contributed by atoms with E-state index < -0.39 is 11.2 Å². The fourth-order valence-corrected chi connectivity index (χ4v) is 2.49. The van der Waals surface area contributed by atoms with E-state index in [9.17, 15) is 14.4 Å². The lowest BCUT2D eigenvalue weighted by molar-refractivity contribution is -0.116. The van der Waals surface area contributed by atoms with Gasteiger partial charge in [0.25, 0.3) is 5.56 Å². The highest BCUT2D eigenvalue weighted by molar-refractivity contribution is 7.15. The molecule has 0 unspecified atom stereocenters. The van der Waals surface area contributed by atoms with Crippen molar-refractivity contribution in [1.29, 1.82) is 0 Å². The minimum atomic E-state index is -0.549. The van der Waals surface area contributed by atoms with Gasteiger partial charge in [-0.1, -0.05) is 18.3 Å². The zero-order chi connectivity index (χ0) is 15.4. The molecule has 0 radical (unpaired) electrons. The third-order valence-corrected chi connectivity index (χ3v) is 3.86. The number of rotatable bonds is 5. The molecule has 0 atom stereocenters. The number of amides is 1. The molecule has 2 rings (SSSR count). The first-order valence-electron chi connectivity index (χ1n) is 6.44. The monoisotopic (exact) mass is 309 g/mol. The standard InChI is InChI=1S/C12H15N5O3S/c1-3-9-16-17-12(21-9)14-8(18)5-4-7-6(2)13-11(20)15-10(7)19/h3-5H2,1-2H3,(H,14,17,18)(H2,13,15,19,20). The van der Waals surface area contributed by atoms with Crippen LogP contribution in [-0.4, -0.2) is 26.1 Å². The van der Waals surface area contributed by atoms with Gasteiger partial charge in [-0.25, -0.2) is 4.79 Å². The Morgan fingerprint density at radius 2 is 2.05 bits per heavy atom. The maximum atomic E-state index is 11.8. The van der Waals surface area contributed by atoms with Crippen molar-refractivity contribution in [2.75, 3.05) is 5.32 Å². The number of hydrogen-bond acceptors (Lipinski definition) is 6. The van der Waals surface area contributed by atoms with Crippen LogP contribution in [0.4, 0.5) is 5.13 Å². The van der Waals surface area contributed by atoms with Crippen LogP contribution >= 0.6 is 11.3 Å². The van der Waals surface area contributed by atoms with E-state index in [2.05, 4.69) is 25.5 Å². The van der Waals surface area contributed by atoms with Gasteiger partial charge in [0.2, 0.25) is 11.0 Å². The van der Waals surface area contributed by atoms with Crippen molar-refractivity contribution < 1.29 is 4.79 Å². The maximum absolute atomic E-state index is 11.8. The Hall–Kier alpha value is -2.29. The predicted molar refractivity (Wildman–Crippen MR) is 78.7 cm³/mol. The van der Waals surface area contributed by atoms with E-state index in [1.165, 1.54) is 11.3 Å². The molecule has 0 aromatic carbocycles. The average molecular weight is 309 g/mol. The summed E-state index contributed by atoms with van der Waals surface area (Å²) in [4.78, 5) is 39.2. The molecule has 0 fully saturated rings. The summed E-state index contributed by atoms with van der Waals surface area (Å²) in [6.45, 7) is 3.58. The van der Waals surface area contributed by atoms with Gasteiger partial charge >= 0.3 is 5.69 Å². The van der Waals surface area contributed by atoms with Crippen LogP contribution in [0.5, 0.6) is 0 Å². The van der Waals surface area contributed by atoms with Crippen LogP contribution in [0.3, 0.4) is 0 Å². The van der Waals surface area contributed by atoms with Gasteiger partial charge in [-0.2, -0.15) is 0 Å². The molecule has 0 aliphatic rings. The zero-order valence-corrected chi connectivity index (χ0v) is 12.5. The summed E-state index contributed by atoms with van der Waals surface area (Å²) in [5.41, 5.74) is -0.142. The van der Waals surface area contributed by atoms with Crippen molar-refractivity contribution in [3.05, 3.63) is 37.1 Å². The molecule has 1 amide bonds. The lowest BCUT2D eigenvalue weighted by atomic mass is 10.1. The minimum absolute atomic E-state index is 0.122. The quantitative estimate of drug-likeness (QED) is 0.736. The zero-order valence-electron chi connectivity index (χ0n) is 11.6. The summed E-state index contributed by atoms with van der Waals surface area (Å²) in [7, 11) is 0. The van der Waals surface area contributed by atoms with Gasteiger partial charge in [-0.15, -0.1) is 10.2 Å². The summed E-state index contributed by atoms with van der Waals surface area (Å²) >= 11 is 1.32. The Kier molecular flexibility index (Phi) is 4.63. The topological polar surface area (TPSA) is 121 Å². The van der Waals surface area contributed by atoms with Gasteiger partial charge < -0.3 is 10.3 Å². The molecule has 21 heavy (non-hydrogen) atoms. The average Bonchev–Trinajstić information content (AvgIpc) is 2.85. The summed E-state index contributed by atoms with van der Waals surface area (Å²) in [5.74, 6) is -0.251. The van der Waals surface area contributed by atoms with Crippen LogP contribution in [0.1, 0.15) is 29.6 Å². The highest BCUT2D eigenvalue weighted by Gasteiger charge is 2.11. The number of aromatic amines is 2. The van der Waals surface area contributed by atoms with Crippen LogP contribution in [0.2, 0.25) is 0 Å². The number of H-pyrrole nitrogens is 2. The molecule has 0 spiro atoms. The second-order valence-electron chi connectivity index (χ2n) is 4.41. The van der Waals surface area contributed by atoms with E-state index in [1.54, 1.807) is 6.92 Å². The summed E-state index contributed by atoms with van der Waals surface area (Å²) in [6, 6.07) is 0. The smallest absolute Gasteiger partial charge is 0.311 e. The van der Waals surface area contributed by atoms with E-state index >= 15 is 0 Å². The molecular formula is C12H15N5O3S. The first-order chi connectivity index (χ1) is 9.99. The fourth-order valence-electron chi connectivity index (χ4n) is 1.79. The molecule has 2 aromatic rings. The van der Waals surface area contributed by atoms with Crippen LogP contribution in [0, 0.1) is 6.92 Å². The van der Waals surface area contributed by atoms with Crippen LogP contribution < -0.4 is 16.6 Å². The molecular weight excluding hydrogens is 294 g/mol. The van der Waals surface area contributed by atoms with Crippen molar-refractivity contribution in [2.45, 2.75) is 33.1 Å². The van der Waals surface area contributed by atoms with E-state index in [0.717, 1.165) is 11.4 Å². The molecule has 112 valence electrons. The molecule has 3 N–H and O–H groups in total. The highest BCUT2D eigenvalue weighted by atomic mass is 32.1. The molecule has 2 heterocycles. The predicted octanol–water partition coefficient (Wildman–Crippen LogP) is 0.357. The Morgan fingerprint density at radius 3 is 2.67 bits per heavy atom. The van der Waals surface area contributed by atoms with Gasteiger partial charge in [0, 0.05) is 17.7 Å². The van der Waals surface area contributed by atoms with E-state index in [4.69, 9.17) is 0 Å². The summed E-state index contributed by atoms with van der Waals surface area (Å²) in [5, 5.41) is 11.7. The van der Waals surface area contributed by atoms with Gasteiger partial charge in [-0.3, -0.25) is 14.6 Å². The number of nitrogens with one attached hydrogen (secondary N) is 3. The van der Waals surface area contributed by atoms with Gasteiger partial charge in [0.15, 0.2) is 0 Å². The van der Waals surface area contributed by atoms with E-state index in [-0.39, 0.29) is 18.7 Å². The summed E-state index contributed by atoms with van der Waals surface area (Å²) < 4.78 is 0.